The molecular formula is C51H47FIrN2O-2. The van der Waals surface area contributed by atoms with Crippen LogP contribution in [-0.2, 0) is 37.3 Å². The second-order valence-corrected chi connectivity index (χ2v) is 16.3. The van der Waals surface area contributed by atoms with Gasteiger partial charge in [-0.1, -0.05) is 132 Å². The van der Waals surface area contributed by atoms with Crippen LogP contribution >= 0.6 is 0 Å². The predicted octanol–water partition coefficient (Wildman–Crippen LogP) is 13.7. The van der Waals surface area contributed by atoms with E-state index in [1.807, 2.05) is 48.5 Å². The number of aromatic nitrogens is 2. The summed E-state index contributed by atoms with van der Waals surface area (Å²) in [5, 5.41) is 3.64. The quantitative estimate of drug-likeness (QED) is 0.166. The monoisotopic (exact) mass is 924 g/mol. The summed E-state index contributed by atoms with van der Waals surface area (Å²) in [6, 6.07) is 32.5. The van der Waals surface area contributed by atoms with Gasteiger partial charge in [0.15, 0.2) is 0 Å². The van der Waals surface area contributed by atoms with Gasteiger partial charge in [0.2, 0.25) is 0 Å². The maximum Gasteiger partial charge on any atom is 0.128 e. The molecule has 0 aliphatic heterocycles. The third-order valence-electron chi connectivity index (χ3n) is 11.1. The number of hydrogen-bond donors (Lipinski definition) is 0. The molecule has 3 heterocycles. The summed E-state index contributed by atoms with van der Waals surface area (Å²) < 4.78 is 96.3. The fourth-order valence-electron chi connectivity index (χ4n) is 7.63. The Kier molecular flexibility index (Phi) is 7.60. The summed E-state index contributed by atoms with van der Waals surface area (Å²) in [5.74, 6) is -0.234. The van der Waals surface area contributed by atoms with Crippen molar-refractivity contribution in [2.24, 2.45) is 5.41 Å². The average Bonchev–Trinajstić information content (AvgIpc) is 3.61. The summed E-state index contributed by atoms with van der Waals surface area (Å²) in [6.07, 6.45) is 0.995. The number of nitrogens with zero attached hydrogens (tertiary/aromatic N) is 2. The van der Waals surface area contributed by atoms with E-state index in [2.05, 4.69) is 55.9 Å². The standard InChI is InChI=1S/C34H30NO.C17H17FN.Ir/c1-21-17-23(19-34(3,4)5)13-15-25(21)30-18-31(35-20-22(30)2)29-12-8-11-27-28-16-14-24-9-6-7-10-26(24)32(28)36-33(27)29;1-16(2)13-6-5-9-19-15(13)12-8-7-11(18)10-14(12)17(16,3)4;/h6-11,13-18,20H,19H2,1-5H3;5-7,9-10H,1-4H3;/q2*-1;/i1D3,2D3,15D,19D2;;. The fourth-order valence-corrected chi connectivity index (χ4v) is 7.63. The van der Waals surface area contributed by atoms with E-state index < -0.39 is 25.5 Å². The maximum absolute atomic E-state index is 13.6. The number of pyridine rings is 2. The van der Waals surface area contributed by atoms with E-state index in [1.54, 1.807) is 39.1 Å². The second kappa shape index (κ2) is 14.5. The third-order valence-corrected chi connectivity index (χ3v) is 11.1. The molecule has 0 spiro atoms. The molecule has 0 bridgehead atoms. The molecule has 3 aromatic heterocycles. The van der Waals surface area contributed by atoms with Gasteiger partial charge in [0.05, 0.1) is 6.95 Å². The molecule has 56 heavy (non-hydrogen) atoms. The molecule has 0 N–H and O–H groups in total. The minimum atomic E-state index is -2.78. The Labute approximate surface area is 356 Å². The Bertz CT molecular complexity index is 3150. The van der Waals surface area contributed by atoms with Gasteiger partial charge >= 0.3 is 0 Å². The van der Waals surface area contributed by atoms with Crippen LogP contribution in [0, 0.1) is 37.1 Å². The minimum absolute atomic E-state index is 0. The van der Waals surface area contributed by atoms with E-state index in [1.165, 1.54) is 36.0 Å². The Morgan fingerprint density at radius 3 is 2.34 bits per heavy atom. The van der Waals surface area contributed by atoms with Gasteiger partial charge < -0.3 is 14.4 Å². The van der Waals surface area contributed by atoms with Crippen LogP contribution in [-0.4, -0.2) is 9.97 Å². The molecule has 1 aliphatic rings. The van der Waals surface area contributed by atoms with Gasteiger partial charge in [0, 0.05) is 60.1 Å². The van der Waals surface area contributed by atoms with Crippen LogP contribution in [0.15, 0.2) is 114 Å². The number of fused-ring (bicyclic) bond motifs is 8. The molecular weight excluding hydrogens is 868 g/mol. The Morgan fingerprint density at radius 1 is 0.786 bits per heavy atom. The van der Waals surface area contributed by atoms with Crippen molar-refractivity contribution >= 4 is 32.7 Å². The van der Waals surface area contributed by atoms with Crippen LogP contribution in [0.5, 0.6) is 0 Å². The molecule has 0 saturated heterocycles. The van der Waals surface area contributed by atoms with Gasteiger partial charge in [-0.05, 0) is 87.0 Å². The zero-order valence-electron chi connectivity index (χ0n) is 41.3. The molecule has 285 valence electrons. The average molecular weight is 924 g/mol. The molecule has 0 amide bonds. The first kappa shape index (κ1) is 29.3. The van der Waals surface area contributed by atoms with E-state index in [4.69, 9.17) is 16.8 Å². The molecule has 0 atom stereocenters. The van der Waals surface area contributed by atoms with Crippen LogP contribution in [0.25, 0.3) is 66.4 Å². The first-order valence-corrected chi connectivity index (χ1v) is 18.3. The maximum atomic E-state index is 13.6. The van der Waals surface area contributed by atoms with E-state index in [-0.39, 0.29) is 76.3 Å². The Balaban J connectivity index is 0.000000262. The van der Waals surface area contributed by atoms with Crippen molar-refractivity contribution in [2.45, 2.75) is 79.4 Å². The number of aryl methyl sites for hydroxylation is 2. The Morgan fingerprint density at radius 2 is 1.55 bits per heavy atom. The molecule has 8 aromatic rings. The first-order chi connectivity index (χ1) is 29.7. The summed E-state index contributed by atoms with van der Waals surface area (Å²) >= 11 is 0. The topological polar surface area (TPSA) is 38.9 Å². The largest absolute Gasteiger partial charge is 0.500 e. The number of halogens is 1. The van der Waals surface area contributed by atoms with Crippen molar-refractivity contribution in [3.8, 4) is 33.6 Å². The van der Waals surface area contributed by atoms with Gasteiger partial charge in [-0.3, -0.25) is 4.39 Å². The van der Waals surface area contributed by atoms with E-state index in [9.17, 15) is 4.39 Å². The van der Waals surface area contributed by atoms with E-state index in [0.29, 0.717) is 16.7 Å². The van der Waals surface area contributed by atoms with Crippen molar-refractivity contribution in [2.75, 3.05) is 0 Å². The van der Waals surface area contributed by atoms with Gasteiger partial charge in [0.1, 0.15) is 5.58 Å². The zero-order chi connectivity index (χ0) is 46.5. The number of benzene rings is 5. The summed E-state index contributed by atoms with van der Waals surface area (Å²) in [4.78, 5) is 8.98. The minimum Gasteiger partial charge on any atom is -0.500 e. The van der Waals surface area contributed by atoms with Crippen molar-refractivity contribution in [1.29, 1.82) is 0 Å². The normalized spacial score (nSPS) is 17.2. The van der Waals surface area contributed by atoms with Gasteiger partial charge in [-0.25, -0.2) is 0 Å². The van der Waals surface area contributed by atoms with Crippen LogP contribution in [0.1, 0.15) is 88.6 Å². The van der Waals surface area contributed by atoms with Crippen LogP contribution < -0.4 is 0 Å². The molecule has 1 radical (unpaired) electrons. The molecule has 9 rings (SSSR count). The Hall–Kier alpha value is -4.96. The molecule has 0 unspecified atom stereocenters. The predicted molar refractivity (Wildman–Crippen MR) is 226 cm³/mol. The number of rotatable bonds is 3. The molecule has 3 nitrogen and oxygen atoms in total. The van der Waals surface area contributed by atoms with Crippen molar-refractivity contribution in [3.05, 3.63) is 155 Å². The van der Waals surface area contributed by atoms with Crippen molar-refractivity contribution in [3.63, 3.8) is 0 Å². The molecule has 0 saturated carbocycles. The summed E-state index contributed by atoms with van der Waals surface area (Å²) in [6.45, 7) is 8.33. The van der Waals surface area contributed by atoms with Gasteiger partial charge in [-0.2, -0.15) is 0 Å². The molecule has 1 aliphatic carbocycles. The van der Waals surface area contributed by atoms with E-state index in [0.717, 1.165) is 38.4 Å². The van der Waals surface area contributed by atoms with Crippen LogP contribution in [0.3, 0.4) is 0 Å². The second-order valence-electron chi connectivity index (χ2n) is 16.3. The zero-order valence-corrected chi connectivity index (χ0v) is 34.7. The van der Waals surface area contributed by atoms with Crippen molar-refractivity contribution < 1.29 is 41.2 Å². The van der Waals surface area contributed by atoms with Crippen LogP contribution in [0.2, 0.25) is 0 Å². The summed E-state index contributed by atoms with van der Waals surface area (Å²) in [7, 11) is 0. The third kappa shape index (κ3) is 6.80. The smallest absolute Gasteiger partial charge is 0.128 e. The van der Waals surface area contributed by atoms with Crippen molar-refractivity contribution in [1.82, 2.24) is 9.97 Å². The van der Waals surface area contributed by atoms with Gasteiger partial charge in [0.25, 0.3) is 0 Å². The number of furan rings is 1. The van der Waals surface area contributed by atoms with Crippen LogP contribution in [0.4, 0.5) is 4.39 Å². The first-order valence-electron chi connectivity index (χ1n) is 22.8. The molecule has 5 aromatic carbocycles. The SMILES string of the molecule is CC1(C)c2cc(F)c[c-]c2-c2ncccc2C1(C)C.[2H]c1cc(C([2H])([2H])C(C)(C)C)cc(C([2H])([2H])[2H])c1-c1cc(-c2[c-]ccc3c2oc2c4ccccc4ccc32)ncc1C([2H])([2H])[2H].[Ir]. The summed E-state index contributed by atoms with van der Waals surface area (Å²) in [5.41, 5.74) is 4.18. The van der Waals surface area contributed by atoms with Gasteiger partial charge in [-0.15, -0.1) is 47.5 Å². The van der Waals surface area contributed by atoms with E-state index >= 15 is 0 Å². The number of hydrogen-bond acceptors (Lipinski definition) is 3. The fraction of sp³-hybridized carbons (Fsp3) is 0.255. The molecule has 0 fully saturated rings. The molecule has 5 heteroatoms.